The number of benzene rings is 2. The normalized spacial score (nSPS) is 12.5. The summed E-state index contributed by atoms with van der Waals surface area (Å²) in [6, 6.07) is 10.2. The quantitative estimate of drug-likeness (QED) is 0.833. The second kappa shape index (κ2) is 5.91. The van der Waals surface area contributed by atoms with Crippen molar-refractivity contribution in [1.29, 1.82) is 0 Å². The molecule has 0 radical (unpaired) electrons. The van der Waals surface area contributed by atoms with Crippen molar-refractivity contribution >= 4 is 23.2 Å². The molecule has 1 unspecified atom stereocenters. The van der Waals surface area contributed by atoms with Crippen molar-refractivity contribution in [3.05, 3.63) is 57.8 Å². The summed E-state index contributed by atoms with van der Waals surface area (Å²) in [7, 11) is 1.86. The third-order valence-electron chi connectivity index (χ3n) is 3.14. The van der Waals surface area contributed by atoms with Gasteiger partial charge in [0.25, 0.3) is 0 Å². The molecule has 0 spiro atoms. The fourth-order valence-electron chi connectivity index (χ4n) is 1.89. The molecule has 0 aliphatic heterocycles. The second-order valence-electron chi connectivity index (χ2n) is 4.37. The molecule has 0 aliphatic carbocycles. The highest BCUT2D eigenvalue weighted by molar-refractivity contribution is 6.35. The number of nitrogens with one attached hydrogen (secondary N) is 1. The zero-order valence-corrected chi connectivity index (χ0v) is 12.2. The zero-order chi connectivity index (χ0) is 14.0. The number of halogens is 3. The summed E-state index contributed by atoms with van der Waals surface area (Å²) in [6.07, 6.45) is 0. The molecule has 2 rings (SSSR count). The van der Waals surface area contributed by atoms with E-state index in [9.17, 15) is 4.39 Å². The van der Waals surface area contributed by atoms with Crippen LogP contribution in [-0.4, -0.2) is 7.05 Å². The molecule has 0 amide bonds. The van der Waals surface area contributed by atoms with Crippen molar-refractivity contribution in [2.45, 2.75) is 13.0 Å². The molecule has 0 fully saturated rings. The summed E-state index contributed by atoms with van der Waals surface area (Å²) in [6.45, 7) is 2.01. The number of hydrogen-bond donors (Lipinski definition) is 1. The average molecular weight is 298 g/mol. The van der Waals surface area contributed by atoms with Crippen molar-refractivity contribution in [3.8, 4) is 11.1 Å². The first kappa shape index (κ1) is 14.3. The van der Waals surface area contributed by atoms with Crippen LogP contribution < -0.4 is 5.32 Å². The smallest absolute Gasteiger partial charge is 0.131 e. The van der Waals surface area contributed by atoms with Gasteiger partial charge < -0.3 is 5.32 Å². The Labute approximate surface area is 122 Å². The van der Waals surface area contributed by atoms with Crippen LogP contribution in [0.25, 0.3) is 11.1 Å². The van der Waals surface area contributed by atoms with E-state index >= 15 is 0 Å². The molecule has 0 heterocycles. The van der Waals surface area contributed by atoms with Gasteiger partial charge in [0.1, 0.15) is 5.82 Å². The standard InChI is InChI=1S/C15H14Cl2FN/c1-9(19-2)10-3-6-15(18)13(7-10)12-8-11(16)4-5-14(12)17/h3-9,19H,1-2H3. The molecule has 0 bridgehead atoms. The third kappa shape index (κ3) is 3.08. The molecule has 4 heteroatoms. The molecule has 0 saturated heterocycles. The minimum atomic E-state index is -0.309. The Bertz CT molecular complexity index is 599. The van der Waals surface area contributed by atoms with E-state index in [0.29, 0.717) is 21.2 Å². The van der Waals surface area contributed by atoms with Crippen LogP contribution in [0.5, 0.6) is 0 Å². The lowest BCUT2D eigenvalue weighted by molar-refractivity contribution is 0.622. The van der Waals surface area contributed by atoms with Crippen LogP contribution in [0.2, 0.25) is 10.0 Å². The lowest BCUT2D eigenvalue weighted by atomic mass is 9.99. The van der Waals surface area contributed by atoms with Crippen LogP contribution in [0.1, 0.15) is 18.5 Å². The molecule has 0 aliphatic rings. The first-order chi connectivity index (χ1) is 9.02. The van der Waals surface area contributed by atoms with E-state index in [-0.39, 0.29) is 11.9 Å². The maximum Gasteiger partial charge on any atom is 0.131 e. The lowest BCUT2D eigenvalue weighted by Crippen LogP contribution is -2.12. The van der Waals surface area contributed by atoms with E-state index in [4.69, 9.17) is 23.2 Å². The van der Waals surface area contributed by atoms with Crippen molar-refractivity contribution in [2.75, 3.05) is 7.05 Å². The average Bonchev–Trinajstić information content (AvgIpc) is 2.41. The second-order valence-corrected chi connectivity index (χ2v) is 5.22. The van der Waals surface area contributed by atoms with Gasteiger partial charge in [-0.05, 0) is 49.9 Å². The summed E-state index contributed by atoms with van der Waals surface area (Å²) in [5.74, 6) is -0.309. The highest BCUT2D eigenvalue weighted by Crippen LogP contribution is 2.33. The van der Waals surface area contributed by atoms with Gasteiger partial charge >= 0.3 is 0 Å². The van der Waals surface area contributed by atoms with Gasteiger partial charge in [0.2, 0.25) is 0 Å². The fourth-order valence-corrected chi connectivity index (χ4v) is 2.28. The molecule has 1 nitrogen and oxygen atoms in total. The molecule has 1 atom stereocenters. The van der Waals surface area contributed by atoms with Gasteiger partial charge in [0.05, 0.1) is 0 Å². The Kier molecular flexibility index (Phi) is 4.46. The molecule has 0 aromatic heterocycles. The Morgan fingerprint density at radius 1 is 1.05 bits per heavy atom. The van der Waals surface area contributed by atoms with Crippen LogP contribution in [0.15, 0.2) is 36.4 Å². The fraction of sp³-hybridized carbons (Fsp3) is 0.200. The molecular formula is C15H14Cl2FN. The van der Waals surface area contributed by atoms with Gasteiger partial charge in [-0.1, -0.05) is 29.3 Å². The van der Waals surface area contributed by atoms with E-state index < -0.39 is 0 Å². The molecular weight excluding hydrogens is 284 g/mol. The largest absolute Gasteiger partial charge is 0.313 e. The summed E-state index contributed by atoms with van der Waals surface area (Å²) >= 11 is 12.1. The molecule has 1 N–H and O–H groups in total. The molecule has 0 saturated carbocycles. The molecule has 100 valence electrons. The van der Waals surface area contributed by atoms with E-state index in [1.807, 2.05) is 14.0 Å². The van der Waals surface area contributed by atoms with Crippen molar-refractivity contribution in [2.24, 2.45) is 0 Å². The highest BCUT2D eigenvalue weighted by Gasteiger charge is 2.12. The Balaban J connectivity index is 2.57. The molecule has 2 aromatic rings. The van der Waals surface area contributed by atoms with Crippen LogP contribution >= 0.6 is 23.2 Å². The number of rotatable bonds is 3. The topological polar surface area (TPSA) is 12.0 Å². The van der Waals surface area contributed by atoms with Crippen LogP contribution in [0.3, 0.4) is 0 Å². The van der Waals surface area contributed by atoms with Crippen LogP contribution in [0.4, 0.5) is 4.39 Å². The Morgan fingerprint density at radius 2 is 1.79 bits per heavy atom. The van der Waals surface area contributed by atoms with Gasteiger partial charge in [-0.15, -0.1) is 0 Å². The van der Waals surface area contributed by atoms with Gasteiger partial charge in [-0.2, -0.15) is 0 Å². The molecule has 19 heavy (non-hydrogen) atoms. The lowest BCUT2D eigenvalue weighted by Gasteiger charge is -2.14. The summed E-state index contributed by atoms with van der Waals surface area (Å²) in [4.78, 5) is 0. The van der Waals surface area contributed by atoms with Crippen LogP contribution in [-0.2, 0) is 0 Å². The van der Waals surface area contributed by atoms with Crippen LogP contribution in [0, 0.1) is 5.82 Å². The first-order valence-electron chi connectivity index (χ1n) is 5.95. The van der Waals surface area contributed by atoms with E-state index in [1.165, 1.54) is 6.07 Å². The highest BCUT2D eigenvalue weighted by atomic mass is 35.5. The number of hydrogen-bond acceptors (Lipinski definition) is 1. The maximum absolute atomic E-state index is 14.0. The summed E-state index contributed by atoms with van der Waals surface area (Å²) < 4.78 is 14.0. The predicted octanol–water partition coefficient (Wildman–Crippen LogP) is 5.08. The monoisotopic (exact) mass is 297 g/mol. The molecule has 2 aromatic carbocycles. The first-order valence-corrected chi connectivity index (χ1v) is 6.70. The zero-order valence-electron chi connectivity index (χ0n) is 10.7. The van der Waals surface area contributed by atoms with Gasteiger partial charge in [-0.25, -0.2) is 4.39 Å². The summed E-state index contributed by atoms with van der Waals surface area (Å²) in [5.41, 5.74) is 2.07. The van der Waals surface area contributed by atoms with Crippen molar-refractivity contribution in [3.63, 3.8) is 0 Å². The van der Waals surface area contributed by atoms with Gasteiger partial charge in [-0.3, -0.25) is 0 Å². The Hall–Kier alpha value is -1.09. The minimum absolute atomic E-state index is 0.136. The SMILES string of the molecule is CNC(C)c1ccc(F)c(-c2cc(Cl)ccc2Cl)c1. The van der Waals surface area contributed by atoms with Gasteiger partial charge in [0.15, 0.2) is 0 Å². The van der Waals surface area contributed by atoms with E-state index in [1.54, 1.807) is 30.3 Å². The van der Waals surface area contributed by atoms with E-state index in [2.05, 4.69) is 5.32 Å². The summed E-state index contributed by atoms with van der Waals surface area (Å²) in [5, 5.41) is 4.14. The Morgan fingerprint density at radius 3 is 2.47 bits per heavy atom. The third-order valence-corrected chi connectivity index (χ3v) is 3.71. The minimum Gasteiger partial charge on any atom is -0.313 e. The van der Waals surface area contributed by atoms with Gasteiger partial charge in [0, 0.05) is 27.2 Å². The maximum atomic E-state index is 14.0. The van der Waals surface area contributed by atoms with Crippen molar-refractivity contribution < 1.29 is 4.39 Å². The van der Waals surface area contributed by atoms with Crippen molar-refractivity contribution in [1.82, 2.24) is 5.32 Å². The predicted molar refractivity (Wildman–Crippen MR) is 79.3 cm³/mol. The van der Waals surface area contributed by atoms with E-state index in [0.717, 1.165) is 5.56 Å².